The van der Waals surface area contributed by atoms with Gasteiger partial charge in [0.1, 0.15) is 0 Å². The summed E-state index contributed by atoms with van der Waals surface area (Å²) < 4.78 is 6.01. The SMILES string of the molecule is CC(Cc1ccc(C(C)(C)C)cc1)CC1OCC(C)NC1C. The van der Waals surface area contributed by atoms with Gasteiger partial charge in [-0.25, -0.2) is 0 Å². The minimum absolute atomic E-state index is 0.234. The van der Waals surface area contributed by atoms with Gasteiger partial charge in [0.2, 0.25) is 0 Å². The van der Waals surface area contributed by atoms with Crippen LogP contribution < -0.4 is 5.32 Å². The molecule has 1 saturated heterocycles. The average Bonchev–Trinajstić information content (AvgIpc) is 2.41. The molecule has 1 heterocycles. The molecule has 2 rings (SSSR count). The molecule has 4 unspecified atom stereocenters. The number of ether oxygens (including phenoxy) is 1. The van der Waals surface area contributed by atoms with Crippen molar-refractivity contribution in [2.75, 3.05) is 6.61 Å². The molecule has 1 aliphatic heterocycles. The number of rotatable bonds is 4. The van der Waals surface area contributed by atoms with E-state index in [1.54, 1.807) is 0 Å². The van der Waals surface area contributed by atoms with Crippen LogP contribution in [0.3, 0.4) is 0 Å². The molecule has 0 aromatic heterocycles. The predicted octanol–water partition coefficient (Wildman–Crippen LogP) is 4.32. The van der Waals surface area contributed by atoms with Crippen LogP contribution in [-0.2, 0) is 16.6 Å². The number of morpholine rings is 1. The van der Waals surface area contributed by atoms with Gasteiger partial charge in [-0.2, -0.15) is 0 Å². The van der Waals surface area contributed by atoms with E-state index in [4.69, 9.17) is 4.74 Å². The van der Waals surface area contributed by atoms with Crippen molar-refractivity contribution in [1.29, 1.82) is 0 Å². The second kappa shape index (κ2) is 7.14. The van der Waals surface area contributed by atoms with Crippen molar-refractivity contribution in [1.82, 2.24) is 5.32 Å². The Balaban J connectivity index is 1.88. The molecule has 1 aliphatic rings. The summed E-state index contributed by atoms with van der Waals surface area (Å²) in [6.07, 6.45) is 2.61. The van der Waals surface area contributed by atoms with Crippen LogP contribution in [0.1, 0.15) is 59.1 Å². The van der Waals surface area contributed by atoms with Gasteiger partial charge in [0.25, 0.3) is 0 Å². The van der Waals surface area contributed by atoms with Crippen LogP contribution in [0.5, 0.6) is 0 Å². The Bertz CT molecular complexity index is 460. The molecule has 1 fully saturated rings. The Labute approximate surface area is 136 Å². The van der Waals surface area contributed by atoms with Gasteiger partial charge in [-0.3, -0.25) is 0 Å². The van der Waals surface area contributed by atoms with Crippen molar-refractivity contribution >= 4 is 0 Å². The molecule has 22 heavy (non-hydrogen) atoms. The minimum Gasteiger partial charge on any atom is -0.375 e. The summed E-state index contributed by atoms with van der Waals surface area (Å²) in [7, 11) is 0. The second-order valence-corrected chi connectivity index (χ2v) is 8.22. The van der Waals surface area contributed by atoms with E-state index >= 15 is 0 Å². The van der Waals surface area contributed by atoms with E-state index in [1.807, 2.05) is 0 Å². The van der Waals surface area contributed by atoms with Gasteiger partial charge < -0.3 is 10.1 Å². The highest BCUT2D eigenvalue weighted by Crippen LogP contribution is 2.24. The molecule has 0 spiro atoms. The predicted molar refractivity (Wildman–Crippen MR) is 94.4 cm³/mol. The standard InChI is InChI=1S/C20H33NO/c1-14(12-19-16(3)21-15(2)13-22-19)11-17-7-9-18(10-8-17)20(4,5)6/h7-10,14-16,19,21H,11-13H2,1-6H3. The molecule has 124 valence electrons. The average molecular weight is 303 g/mol. The molecule has 0 aliphatic carbocycles. The van der Waals surface area contributed by atoms with Crippen molar-refractivity contribution in [3.8, 4) is 0 Å². The first kappa shape index (κ1) is 17.5. The van der Waals surface area contributed by atoms with Crippen LogP contribution in [0.15, 0.2) is 24.3 Å². The first-order valence-electron chi connectivity index (χ1n) is 8.73. The molecule has 2 nitrogen and oxygen atoms in total. The number of benzene rings is 1. The second-order valence-electron chi connectivity index (χ2n) is 8.22. The Morgan fingerprint density at radius 3 is 2.36 bits per heavy atom. The zero-order chi connectivity index (χ0) is 16.3. The monoisotopic (exact) mass is 303 g/mol. The van der Waals surface area contributed by atoms with Crippen LogP contribution in [0.25, 0.3) is 0 Å². The van der Waals surface area contributed by atoms with Crippen LogP contribution in [0.2, 0.25) is 0 Å². The normalized spacial score (nSPS) is 27.6. The highest BCUT2D eigenvalue weighted by molar-refractivity contribution is 5.27. The zero-order valence-electron chi connectivity index (χ0n) is 15.1. The van der Waals surface area contributed by atoms with E-state index in [2.05, 4.69) is 71.1 Å². The lowest BCUT2D eigenvalue weighted by Crippen LogP contribution is -2.51. The third kappa shape index (κ3) is 4.82. The first-order valence-corrected chi connectivity index (χ1v) is 8.73. The molecule has 0 amide bonds. The summed E-state index contributed by atoms with van der Waals surface area (Å²) in [6, 6.07) is 10.1. The zero-order valence-corrected chi connectivity index (χ0v) is 15.1. The Morgan fingerprint density at radius 2 is 1.82 bits per heavy atom. The summed E-state index contributed by atoms with van der Waals surface area (Å²) in [6.45, 7) is 14.4. The first-order chi connectivity index (χ1) is 10.3. The Morgan fingerprint density at radius 1 is 1.18 bits per heavy atom. The summed E-state index contributed by atoms with van der Waals surface area (Å²) in [4.78, 5) is 0. The molecule has 4 atom stereocenters. The van der Waals surface area contributed by atoms with Crippen LogP contribution in [0.4, 0.5) is 0 Å². The molecule has 0 saturated carbocycles. The van der Waals surface area contributed by atoms with Crippen molar-refractivity contribution in [2.24, 2.45) is 5.92 Å². The maximum Gasteiger partial charge on any atom is 0.0728 e. The van der Waals surface area contributed by atoms with Gasteiger partial charge in [0, 0.05) is 12.1 Å². The Hall–Kier alpha value is -0.860. The van der Waals surface area contributed by atoms with Crippen molar-refractivity contribution in [3.05, 3.63) is 35.4 Å². The summed E-state index contributed by atoms with van der Waals surface area (Å²) in [5, 5.41) is 3.60. The third-order valence-electron chi connectivity index (χ3n) is 4.70. The summed E-state index contributed by atoms with van der Waals surface area (Å²) in [5.74, 6) is 0.642. The molecule has 1 aromatic rings. The topological polar surface area (TPSA) is 21.3 Å². The van der Waals surface area contributed by atoms with Gasteiger partial charge in [-0.05, 0) is 49.1 Å². The maximum absolute atomic E-state index is 6.01. The van der Waals surface area contributed by atoms with Gasteiger partial charge in [-0.1, -0.05) is 52.0 Å². The fraction of sp³-hybridized carbons (Fsp3) is 0.700. The lowest BCUT2D eigenvalue weighted by atomic mass is 9.85. The van der Waals surface area contributed by atoms with E-state index < -0.39 is 0 Å². The molecule has 2 heteroatoms. The maximum atomic E-state index is 6.01. The van der Waals surface area contributed by atoms with Crippen LogP contribution >= 0.6 is 0 Å². The van der Waals surface area contributed by atoms with E-state index in [0.717, 1.165) is 19.4 Å². The van der Waals surface area contributed by atoms with Gasteiger partial charge in [0.05, 0.1) is 12.7 Å². The van der Waals surface area contributed by atoms with Gasteiger partial charge >= 0.3 is 0 Å². The minimum atomic E-state index is 0.234. The number of nitrogens with one attached hydrogen (secondary N) is 1. The smallest absolute Gasteiger partial charge is 0.0728 e. The molecule has 0 radical (unpaired) electrons. The van der Waals surface area contributed by atoms with Crippen LogP contribution in [-0.4, -0.2) is 24.8 Å². The fourth-order valence-corrected chi connectivity index (χ4v) is 3.31. The van der Waals surface area contributed by atoms with E-state index in [1.165, 1.54) is 11.1 Å². The molecular formula is C20H33NO. The van der Waals surface area contributed by atoms with E-state index in [-0.39, 0.29) is 5.41 Å². The molecule has 1 aromatic carbocycles. The van der Waals surface area contributed by atoms with Crippen molar-refractivity contribution in [2.45, 2.75) is 78.0 Å². The number of hydrogen-bond donors (Lipinski definition) is 1. The fourth-order valence-electron chi connectivity index (χ4n) is 3.31. The lowest BCUT2D eigenvalue weighted by molar-refractivity contribution is -0.0302. The van der Waals surface area contributed by atoms with Crippen LogP contribution in [0, 0.1) is 5.92 Å². The quantitative estimate of drug-likeness (QED) is 0.894. The molecule has 1 N–H and O–H groups in total. The largest absolute Gasteiger partial charge is 0.375 e. The molecule has 0 bridgehead atoms. The summed E-state index contributed by atoms with van der Waals surface area (Å²) >= 11 is 0. The van der Waals surface area contributed by atoms with Crippen molar-refractivity contribution in [3.63, 3.8) is 0 Å². The van der Waals surface area contributed by atoms with Gasteiger partial charge in [0.15, 0.2) is 0 Å². The van der Waals surface area contributed by atoms with E-state index in [0.29, 0.717) is 24.1 Å². The lowest BCUT2D eigenvalue weighted by Gasteiger charge is -2.35. The van der Waals surface area contributed by atoms with Gasteiger partial charge in [-0.15, -0.1) is 0 Å². The van der Waals surface area contributed by atoms with Crippen molar-refractivity contribution < 1.29 is 4.74 Å². The summed E-state index contributed by atoms with van der Waals surface area (Å²) in [5.41, 5.74) is 3.08. The highest BCUT2D eigenvalue weighted by Gasteiger charge is 2.26. The number of hydrogen-bond acceptors (Lipinski definition) is 2. The third-order valence-corrected chi connectivity index (χ3v) is 4.70. The Kier molecular flexibility index (Phi) is 5.68. The molecular weight excluding hydrogens is 270 g/mol. The van der Waals surface area contributed by atoms with E-state index in [9.17, 15) is 0 Å². The highest BCUT2D eigenvalue weighted by atomic mass is 16.5.